The molecule has 10 heteroatoms. The lowest BCUT2D eigenvalue weighted by Crippen LogP contribution is -2.29. The maximum absolute atomic E-state index is 12.2. The average Bonchev–Trinajstić information content (AvgIpc) is 3.20. The second kappa shape index (κ2) is 7.26. The number of anilines is 1. The molecule has 9 nitrogen and oxygen atoms in total. The van der Waals surface area contributed by atoms with Gasteiger partial charge in [0.1, 0.15) is 0 Å². The molecule has 0 atom stereocenters. The van der Waals surface area contributed by atoms with Crippen LogP contribution in [-0.4, -0.2) is 58.3 Å². The van der Waals surface area contributed by atoms with Crippen LogP contribution in [0.25, 0.3) is 5.69 Å². The van der Waals surface area contributed by atoms with Crippen LogP contribution in [0.3, 0.4) is 0 Å². The highest BCUT2D eigenvalue weighted by atomic mass is 32.2. The van der Waals surface area contributed by atoms with Gasteiger partial charge in [-0.2, -0.15) is 5.10 Å². The summed E-state index contributed by atoms with van der Waals surface area (Å²) in [7, 11) is -3.23. The van der Waals surface area contributed by atoms with Gasteiger partial charge in [0.25, 0.3) is 0 Å². The maximum atomic E-state index is 12.2. The number of carboxylic acid groups (broad SMARTS) is 1. The first kappa shape index (κ1) is 18.1. The molecule has 0 unspecified atom stereocenters. The van der Waals surface area contributed by atoms with Crippen molar-refractivity contribution in [2.75, 3.05) is 24.2 Å². The van der Waals surface area contributed by atoms with Crippen LogP contribution in [0.2, 0.25) is 0 Å². The van der Waals surface area contributed by atoms with Crippen LogP contribution in [0.15, 0.2) is 36.5 Å². The Morgan fingerprint density at radius 1 is 1.23 bits per heavy atom. The number of nitrogens with one attached hydrogen (secondary N) is 1. The van der Waals surface area contributed by atoms with E-state index in [0.717, 1.165) is 0 Å². The number of benzene rings is 1. The summed E-state index contributed by atoms with van der Waals surface area (Å²) in [5, 5.41) is 15.7. The van der Waals surface area contributed by atoms with Gasteiger partial charge in [0.05, 0.1) is 17.1 Å². The van der Waals surface area contributed by atoms with Crippen LogP contribution < -0.4 is 5.32 Å². The molecule has 2 N–H and O–H groups in total. The van der Waals surface area contributed by atoms with Gasteiger partial charge in [-0.05, 0) is 24.6 Å². The van der Waals surface area contributed by atoms with Crippen LogP contribution >= 0.6 is 0 Å². The minimum absolute atomic E-state index is 0.0348. The van der Waals surface area contributed by atoms with Gasteiger partial charge in [0.15, 0.2) is 5.69 Å². The number of sulfonamides is 1. The predicted octanol–water partition coefficient (Wildman–Crippen LogP) is 0.935. The number of rotatable bonds is 6. The largest absolute Gasteiger partial charge is 0.476 e. The van der Waals surface area contributed by atoms with Gasteiger partial charge >= 0.3 is 5.97 Å². The van der Waals surface area contributed by atoms with Crippen molar-refractivity contribution in [3.63, 3.8) is 0 Å². The van der Waals surface area contributed by atoms with Gasteiger partial charge in [-0.3, -0.25) is 4.79 Å². The van der Waals surface area contributed by atoms with Crippen molar-refractivity contribution in [1.82, 2.24) is 14.1 Å². The lowest BCUT2D eigenvalue weighted by molar-refractivity contribution is -0.116. The minimum Gasteiger partial charge on any atom is -0.476 e. The van der Waals surface area contributed by atoms with Gasteiger partial charge in [0.2, 0.25) is 15.9 Å². The minimum atomic E-state index is -3.23. The molecule has 0 aliphatic carbocycles. The molecular weight excluding hydrogens is 360 g/mol. The van der Waals surface area contributed by atoms with E-state index in [9.17, 15) is 18.0 Å². The first-order valence-corrected chi connectivity index (χ1v) is 9.64. The van der Waals surface area contributed by atoms with Gasteiger partial charge in [-0.1, -0.05) is 12.1 Å². The fraction of sp³-hybridized carbons (Fsp3) is 0.312. The molecule has 2 aromatic rings. The van der Waals surface area contributed by atoms with E-state index in [1.54, 1.807) is 24.3 Å². The zero-order valence-electron chi connectivity index (χ0n) is 13.8. The molecule has 1 aromatic heterocycles. The summed E-state index contributed by atoms with van der Waals surface area (Å²) in [5.41, 5.74) is 0.870. The highest BCUT2D eigenvalue weighted by Crippen LogP contribution is 2.20. The molecule has 1 amide bonds. The van der Waals surface area contributed by atoms with Crippen LogP contribution in [0.1, 0.15) is 23.3 Å². The Hall–Kier alpha value is -2.72. The van der Waals surface area contributed by atoms with Crippen molar-refractivity contribution in [1.29, 1.82) is 0 Å². The van der Waals surface area contributed by atoms with Gasteiger partial charge < -0.3 is 10.4 Å². The van der Waals surface area contributed by atoms with E-state index in [2.05, 4.69) is 10.4 Å². The number of aromatic nitrogens is 2. The van der Waals surface area contributed by atoms with Crippen molar-refractivity contribution in [2.24, 2.45) is 0 Å². The predicted molar refractivity (Wildman–Crippen MR) is 93.7 cm³/mol. The molecule has 1 saturated heterocycles. The normalized spacial score (nSPS) is 16.5. The summed E-state index contributed by atoms with van der Waals surface area (Å²) in [5.74, 6) is -1.34. The molecule has 0 bridgehead atoms. The number of carboxylic acids is 1. The molecule has 0 saturated carbocycles. The second-order valence-corrected chi connectivity index (χ2v) is 7.92. The molecular formula is C16H18N4O5S. The molecule has 2 heterocycles. The molecule has 1 fully saturated rings. The van der Waals surface area contributed by atoms with Gasteiger partial charge in [-0.15, -0.1) is 0 Å². The number of nitrogens with zero attached hydrogens (tertiary/aromatic N) is 3. The summed E-state index contributed by atoms with van der Waals surface area (Å²) in [6.07, 6.45) is 2.11. The fourth-order valence-corrected chi connectivity index (χ4v) is 4.26. The van der Waals surface area contributed by atoms with Crippen LogP contribution in [0.4, 0.5) is 5.69 Å². The standard InChI is InChI=1S/C16H18N4O5S/c21-15(7-9-19-8-3-11-26(19,24)25)17-12-4-1-2-5-14(12)20-10-6-13(18-20)16(22)23/h1-2,4-6,10H,3,7-9,11H2,(H,17,21)(H,22,23). The summed E-state index contributed by atoms with van der Waals surface area (Å²) in [4.78, 5) is 23.2. The van der Waals surface area contributed by atoms with Crippen LogP contribution in [0.5, 0.6) is 0 Å². The van der Waals surface area contributed by atoms with E-state index in [-0.39, 0.29) is 30.3 Å². The van der Waals surface area contributed by atoms with Crippen molar-refractivity contribution in [3.8, 4) is 5.69 Å². The Kier molecular flexibility index (Phi) is 5.05. The fourth-order valence-electron chi connectivity index (χ4n) is 2.73. The second-order valence-electron chi connectivity index (χ2n) is 5.83. The summed E-state index contributed by atoms with van der Waals surface area (Å²) in [6.45, 7) is 0.582. The number of hydrogen-bond donors (Lipinski definition) is 2. The van der Waals surface area contributed by atoms with E-state index >= 15 is 0 Å². The van der Waals surface area contributed by atoms with Crippen LogP contribution in [0, 0.1) is 0 Å². The molecule has 1 aliphatic rings. The number of aromatic carboxylic acids is 1. The summed E-state index contributed by atoms with van der Waals surface area (Å²) < 4.78 is 26.2. The first-order chi connectivity index (χ1) is 12.4. The Morgan fingerprint density at radius 2 is 2.00 bits per heavy atom. The van der Waals surface area contributed by atoms with E-state index < -0.39 is 16.0 Å². The Morgan fingerprint density at radius 3 is 2.65 bits per heavy atom. The third kappa shape index (κ3) is 3.92. The lowest BCUT2D eigenvalue weighted by Gasteiger charge is -2.15. The number of carbonyl (C=O) groups excluding carboxylic acids is 1. The monoisotopic (exact) mass is 378 g/mol. The van der Waals surface area contributed by atoms with E-state index in [1.807, 2.05) is 0 Å². The Balaban J connectivity index is 1.70. The van der Waals surface area contributed by atoms with Crippen LogP contribution in [-0.2, 0) is 14.8 Å². The summed E-state index contributed by atoms with van der Waals surface area (Å²) >= 11 is 0. The molecule has 0 spiro atoms. The third-order valence-electron chi connectivity index (χ3n) is 4.02. The summed E-state index contributed by atoms with van der Waals surface area (Å²) in [6, 6.07) is 8.19. The highest BCUT2D eigenvalue weighted by Gasteiger charge is 2.28. The van der Waals surface area contributed by atoms with Crippen molar-refractivity contribution >= 4 is 27.6 Å². The zero-order valence-corrected chi connectivity index (χ0v) is 14.6. The van der Waals surface area contributed by atoms with Gasteiger partial charge in [0, 0.05) is 25.7 Å². The Labute approximate surface area is 150 Å². The SMILES string of the molecule is O=C(CCN1CCCS1(=O)=O)Nc1ccccc1-n1ccc(C(=O)O)n1. The lowest BCUT2D eigenvalue weighted by atomic mass is 10.2. The number of amides is 1. The molecule has 26 heavy (non-hydrogen) atoms. The number of para-hydroxylation sites is 2. The highest BCUT2D eigenvalue weighted by molar-refractivity contribution is 7.89. The van der Waals surface area contributed by atoms with Crippen molar-refractivity contribution in [3.05, 3.63) is 42.2 Å². The molecule has 1 aromatic carbocycles. The van der Waals surface area contributed by atoms with E-state index in [0.29, 0.717) is 24.3 Å². The Bertz CT molecular complexity index is 938. The molecule has 3 rings (SSSR count). The quantitative estimate of drug-likeness (QED) is 0.771. The first-order valence-electron chi connectivity index (χ1n) is 8.03. The maximum Gasteiger partial charge on any atom is 0.356 e. The van der Waals surface area contributed by atoms with E-state index in [1.165, 1.54) is 21.3 Å². The molecule has 1 aliphatic heterocycles. The number of hydrogen-bond acceptors (Lipinski definition) is 5. The average molecular weight is 378 g/mol. The third-order valence-corrected chi connectivity index (χ3v) is 5.98. The molecule has 138 valence electrons. The van der Waals surface area contributed by atoms with E-state index in [4.69, 9.17) is 5.11 Å². The van der Waals surface area contributed by atoms with Crippen molar-refractivity contribution < 1.29 is 23.1 Å². The van der Waals surface area contributed by atoms with Gasteiger partial charge in [-0.25, -0.2) is 22.2 Å². The molecule has 0 radical (unpaired) electrons. The smallest absolute Gasteiger partial charge is 0.356 e. The topological polar surface area (TPSA) is 122 Å². The van der Waals surface area contributed by atoms with Crippen molar-refractivity contribution in [2.45, 2.75) is 12.8 Å². The number of carbonyl (C=O) groups is 2. The zero-order chi connectivity index (χ0) is 18.7.